The van der Waals surface area contributed by atoms with Gasteiger partial charge in [-0.15, -0.1) is 0 Å². The molecule has 0 radical (unpaired) electrons. The van der Waals surface area contributed by atoms with E-state index in [1.54, 1.807) is 0 Å². The number of carbonyl (C=O) groups is 3. The third kappa shape index (κ3) is 5.18. The van der Waals surface area contributed by atoms with Crippen LogP contribution in [0.25, 0.3) is 0 Å². The average Bonchev–Trinajstić information content (AvgIpc) is 2.57. The van der Waals surface area contributed by atoms with Gasteiger partial charge >= 0.3 is 6.18 Å². The Kier molecular flexibility index (Phi) is 6.67. The van der Waals surface area contributed by atoms with E-state index in [9.17, 15) is 36.0 Å². The van der Waals surface area contributed by atoms with Crippen LogP contribution in [0.15, 0.2) is 24.3 Å². The minimum Gasteiger partial charge on any atom is -0.329 e. The number of ketones is 3. The second-order valence-corrected chi connectivity index (χ2v) is 8.84. The van der Waals surface area contributed by atoms with E-state index in [0.717, 1.165) is 24.3 Å². The number of hydrogen-bond acceptors (Lipinski definition) is 6. The van der Waals surface area contributed by atoms with Crippen molar-refractivity contribution in [3.05, 3.63) is 35.4 Å². The van der Waals surface area contributed by atoms with Crippen LogP contribution in [0.3, 0.4) is 0 Å². The van der Waals surface area contributed by atoms with E-state index in [0.29, 0.717) is 12.7 Å². The van der Waals surface area contributed by atoms with Gasteiger partial charge in [-0.25, -0.2) is 8.42 Å². The van der Waals surface area contributed by atoms with E-state index >= 15 is 0 Å². The number of rotatable bonds is 6. The summed E-state index contributed by atoms with van der Waals surface area (Å²) in [4.78, 5) is 36.2. The topological polar surface area (TPSA) is 94.6 Å². The zero-order valence-electron chi connectivity index (χ0n) is 14.5. The van der Waals surface area contributed by atoms with Crippen LogP contribution in [0.2, 0.25) is 0 Å². The molecule has 0 amide bonds. The Morgan fingerprint density at radius 1 is 1.14 bits per heavy atom. The lowest BCUT2D eigenvalue weighted by Crippen LogP contribution is -2.35. The van der Waals surface area contributed by atoms with Crippen molar-refractivity contribution in [2.75, 3.05) is 6.26 Å². The highest BCUT2D eigenvalue weighted by Crippen LogP contribution is 2.33. The first-order chi connectivity index (χ1) is 12.8. The molecule has 0 spiro atoms. The van der Waals surface area contributed by atoms with Crippen LogP contribution >= 0.6 is 11.6 Å². The molecule has 11 heteroatoms. The Bertz CT molecular complexity index is 863. The molecule has 2 atom stereocenters. The van der Waals surface area contributed by atoms with Gasteiger partial charge in [0.05, 0.1) is 0 Å². The quantitative estimate of drug-likeness (QED) is 0.383. The minimum absolute atomic E-state index is 0.0390. The predicted octanol–water partition coefficient (Wildman–Crippen LogP) is 2.99. The van der Waals surface area contributed by atoms with Crippen LogP contribution in [-0.2, 0) is 24.2 Å². The molecule has 0 heterocycles. The molecule has 0 bridgehead atoms. The van der Waals surface area contributed by atoms with Gasteiger partial charge in [-0.05, 0) is 12.0 Å². The molecule has 0 aromatic heterocycles. The Morgan fingerprint density at radius 3 is 2.07 bits per heavy atom. The van der Waals surface area contributed by atoms with E-state index < -0.39 is 50.3 Å². The van der Waals surface area contributed by atoms with Gasteiger partial charge in [0.25, 0.3) is 0 Å². The van der Waals surface area contributed by atoms with Gasteiger partial charge in [0.15, 0.2) is 32.6 Å². The smallest absolute Gasteiger partial charge is 0.329 e. The van der Waals surface area contributed by atoms with Crippen molar-refractivity contribution in [2.45, 2.75) is 36.4 Å². The number of benzene rings is 1. The summed E-state index contributed by atoms with van der Waals surface area (Å²) in [7, 11) is -4.14. The van der Waals surface area contributed by atoms with E-state index in [1.165, 1.54) is 0 Å². The standard InChI is InChI=1S/C17H16ClF3O6S/c1-28(25,26)15(27-16(18)17(19,20)21)10-7-5-9(6-8-10)14(24)13-11(22)3-2-4-12(13)23/h5-8,13,15-16H,2-4H2,1H3. The summed E-state index contributed by atoms with van der Waals surface area (Å²) in [5.41, 5.74) is -5.09. The highest BCUT2D eigenvalue weighted by Gasteiger charge is 2.43. The molecular formula is C17H16ClF3O6S. The molecule has 2 unspecified atom stereocenters. The molecule has 6 nitrogen and oxygen atoms in total. The summed E-state index contributed by atoms with van der Waals surface area (Å²) >= 11 is 5.08. The SMILES string of the molecule is CS(=O)(=O)C(OC(Cl)C(F)(F)F)c1ccc(C(=O)C2C(=O)CCCC2=O)cc1. The van der Waals surface area contributed by atoms with E-state index in [1.807, 2.05) is 0 Å². The Morgan fingerprint density at radius 2 is 1.64 bits per heavy atom. The van der Waals surface area contributed by atoms with Crippen LogP contribution in [0.1, 0.15) is 40.6 Å². The summed E-state index contributed by atoms with van der Waals surface area (Å²) in [6, 6.07) is 4.42. The molecule has 1 saturated carbocycles. The number of hydrogen-bond donors (Lipinski definition) is 0. The molecule has 28 heavy (non-hydrogen) atoms. The third-order valence-corrected chi connectivity index (χ3v) is 5.62. The van der Waals surface area contributed by atoms with Crippen LogP contribution in [0.5, 0.6) is 0 Å². The highest BCUT2D eigenvalue weighted by molar-refractivity contribution is 7.90. The van der Waals surface area contributed by atoms with Gasteiger partial charge in [0, 0.05) is 24.7 Å². The minimum atomic E-state index is -4.98. The molecule has 2 rings (SSSR count). The Labute approximate surface area is 163 Å². The highest BCUT2D eigenvalue weighted by atomic mass is 35.5. The molecule has 1 aromatic rings. The monoisotopic (exact) mass is 440 g/mol. The molecular weight excluding hydrogens is 425 g/mol. The first kappa shape index (κ1) is 22.5. The van der Waals surface area contributed by atoms with Crippen molar-refractivity contribution in [3.8, 4) is 0 Å². The molecule has 0 saturated heterocycles. The van der Waals surface area contributed by atoms with Gasteiger partial charge in [-0.3, -0.25) is 14.4 Å². The maximum Gasteiger partial charge on any atom is 0.428 e. The summed E-state index contributed by atoms with van der Waals surface area (Å²) in [6.07, 6.45) is -3.71. The average molecular weight is 441 g/mol. The van der Waals surface area contributed by atoms with Gasteiger partial charge in [-0.1, -0.05) is 35.9 Å². The predicted molar refractivity (Wildman–Crippen MR) is 92.5 cm³/mol. The Balaban J connectivity index is 2.28. The van der Waals surface area contributed by atoms with Gasteiger partial charge in [0.2, 0.25) is 5.56 Å². The molecule has 0 aliphatic heterocycles. The summed E-state index contributed by atoms with van der Waals surface area (Å²) in [5, 5.41) is 0. The maximum absolute atomic E-state index is 12.6. The summed E-state index contributed by atoms with van der Waals surface area (Å²) in [6.45, 7) is 0. The van der Waals surface area contributed by atoms with Crippen molar-refractivity contribution in [1.29, 1.82) is 0 Å². The molecule has 154 valence electrons. The lowest BCUT2D eigenvalue weighted by atomic mass is 9.81. The van der Waals surface area contributed by atoms with E-state index in [-0.39, 0.29) is 24.0 Å². The fraction of sp³-hybridized carbons (Fsp3) is 0.471. The maximum atomic E-state index is 12.6. The van der Waals surface area contributed by atoms with Gasteiger partial charge < -0.3 is 4.74 Å². The third-order valence-electron chi connectivity index (χ3n) is 4.11. The molecule has 1 aliphatic rings. The lowest BCUT2D eigenvalue weighted by molar-refractivity contribution is -0.196. The number of ether oxygens (including phenoxy) is 1. The summed E-state index contributed by atoms with van der Waals surface area (Å²) < 4.78 is 66.0. The zero-order chi connectivity index (χ0) is 21.3. The second-order valence-electron chi connectivity index (χ2n) is 6.36. The Hall–Kier alpha value is -1.78. The van der Waals surface area contributed by atoms with Crippen LogP contribution in [0.4, 0.5) is 13.2 Å². The largest absolute Gasteiger partial charge is 0.428 e. The number of alkyl halides is 4. The van der Waals surface area contributed by atoms with Crippen molar-refractivity contribution in [1.82, 2.24) is 0 Å². The number of halogens is 4. The number of carbonyl (C=O) groups excluding carboxylic acids is 3. The van der Waals surface area contributed by atoms with E-state index in [4.69, 9.17) is 11.6 Å². The van der Waals surface area contributed by atoms with Crippen molar-refractivity contribution in [3.63, 3.8) is 0 Å². The van der Waals surface area contributed by atoms with Gasteiger partial charge in [-0.2, -0.15) is 13.2 Å². The summed E-state index contributed by atoms with van der Waals surface area (Å²) in [5.74, 6) is -3.11. The fourth-order valence-electron chi connectivity index (χ4n) is 2.78. The first-order valence-corrected chi connectivity index (χ1v) is 10.5. The molecule has 0 N–H and O–H groups in total. The van der Waals surface area contributed by atoms with Crippen LogP contribution in [-0.4, -0.2) is 43.8 Å². The normalized spacial score (nSPS) is 18.8. The van der Waals surface area contributed by atoms with Crippen LogP contribution < -0.4 is 0 Å². The molecule has 1 aromatic carbocycles. The van der Waals surface area contributed by atoms with Crippen molar-refractivity contribution >= 4 is 38.8 Å². The zero-order valence-corrected chi connectivity index (χ0v) is 16.1. The van der Waals surface area contributed by atoms with Crippen molar-refractivity contribution < 1.29 is 40.7 Å². The lowest BCUT2D eigenvalue weighted by Gasteiger charge is -2.22. The van der Waals surface area contributed by atoms with Crippen molar-refractivity contribution in [2.24, 2.45) is 5.92 Å². The first-order valence-electron chi connectivity index (χ1n) is 8.07. The number of Topliss-reactive ketones (excluding diaryl/α,β-unsaturated/α-hetero) is 3. The molecule has 1 fully saturated rings. The molecule has 1 aliphatic carbocycles. The van der Waals surface area contributed by atoms with E-state index in [2.05, 4.69) is 4.74 Å². The fourth-order valence-corrected chi connectivity index (χ4v) is 3.91. The number of sulfone groups is 1. The second kappa shape index (κ2) is 8.30. The van der Waals surface area contributed by atoms with Crippen LogP contribution in [0, 0.1) is 5.92 Å². The van der Waals surface area contributed by atoms with Gasteiger partial charge in [0.1, 0.15) is 5.92 Å².